The molecule has 2 atom stereocenters. The van der Waals surface area contributed by atoms with E-state index in [0.717, 1.165) is 53.8 Å². The van der Waals surface area contributed by atoms with E-state index in [4.69, 9.17) is 0 Å². The van der Waals surface area contributed by atoms with Crippen molar-refractivity contribution >= 4 is 27.9 Å². The summed E-state index contributed by atoms with van der Waals surface area (Å²) < 4.78 is 5.73. The van der Waals surface area contributed by atoms with Gasteiger partial charge in [0, 0.05) is 24.0 Å². The number of carbonyl (C=O) groups excluding carboxylic acids is 2. The van der Waals surface area contributed by atoms with Gasteiger partial charge in [-0.05, 0) is 77.6 Å². The minimum atomic E-state index is -0.476. The molecule has 5 rings (SSSR count). The number of aromatic amines is 1. The van der Waals surface area contributed by atoms with Crippen LogP contribution in [0.3, 0.4) is 0 Å². The average molecular weight is 551 g/mol. The van der Waals surface area contributed by atoms with E-state index < -0.39 is 6.09 Å². The zero-order valence-corrected chi connectivity index (χ0v) is 22.2. The summed E-state index contributed by atoms with van der Waals surface area (Å²) in [5.41, 5.74) is 7.44. The summed E-state index contributed by atoms with van der Waals surface area (Å²) in [5.74, 6) is 0.949. The molecule has 0 spiro atoms. The summed E-state index contributed by atoms with van der Waals surface area (Å²) in [6.45, 7) is 3.09. The molecule has 3 aromatic rings. The van der Waals surface area contributed by atoms with Gasteiger partial charge < -0.3 is 19.9 Å². The Morgan fingerprint density at radius 2 is 1.94 bits per heavy atom. The number of carbonyl (C=O) groups is 2. The van der Waals surface area contributed by atoms with E-state index in [1.54, 1.807) is 0 Å². The standard InChI is InChI=1S/C28H31BrN4O3/c1-17(15-31-28(35)36-2)12-26(34)33-11-3-4-25(33)27-30-16-24(32-27)20-7-9-22-18(13-20)5-6-19-14-21(29)8-10-23(19)22/h7-10,13-14,16-17,25H,3-6,11-12,15H2,1-2H3,(H,30,32)(H,31,35). The third-order valence-electron chi connectivity index (χ3n) is 7.22. The lowest BCUT2D eigenvalue weighted by Crippen LogP contribution is -2.35. The number of benzene rings is 2. The van der Waals surface area contributed by atoms with Gasteiger partial charge in [-0.1, -0.05) is 41.1 Å². The highest BCUT2D eigenvalue weighted by Crippen LogP contribution is 2.37. The number of hydrogen-bond acceptors (Lipinski definition) is 4. The number of methoxy groups -OCH3 is 1. The normalized spacial score (nSPS) is 17.3. The number of aromatic nitrogens is 2. The molecule has 0 saturated carbocycles. The van der Waals surface area contributed by atoms with Crippen molar-refractivity contribution in [3.63, 3.8) is 0 Å². The molecule has 8 heteroatoms. The van der Waals surface area contributed by atoms with Gasteiger partial charge >= 0.3 is 6.09 Å². The molecular formula is C28H31BrN4O3. The first-order valence-electron chi connectivity index (χ1n) is 12.5. The van der Waals surface area contributed by atoms with Gasteiger partial charge in [-0.3, -0.25) is 4.79 Å². The predicted octanol–water partition coefficient (Wildman–Crippen LogP) is 5.65. The summed E-state index contributed by atoms with van der Waals surface area (Å²) in [5, 5.41) is 2.67. The van der Waals surface area contributed by atoms with Crippen molar-refractivity contribution in [3.8, 4) is 22.4 Å². The molecule has 1 saturated heterocycles. The SMILES string of the molecule is COC(=O)NCC(C)CC(=O)N1CCCC1c1ncc(-c2ccc3c(c2)CCc2cc(Br)ccc2-3)[nH]1. The smallest absolute Gasteiger partial charge is 0.406 e. The Kier molecular flexibility index (Phi) is 7.14. The van der Waals surface area contributed by atoms with Crippen LogP contribution in [0.15, 0.2) is 47.1 Å². The maximum absolute atomic E-state index is 13.1. The second-order valence-electron chi connectivity index (χ2n) is 9.78. The Hall–Kier alpha value is -3.13. The molecule has 2 N–H and O–H groups in total. The molecule has 2 heterocycles. The lowest BCUT2D eigenvalue weighted by molar-refractivity contribution is -0.133. The topological polar surface area (TPSA) is 87.3 Å². The molecule has 2 aromatic carbocycles. The fourth-order valence-electron chi connectivity index (χ4n) is 5.35. The number of nitrogens with zero attached hydrogens (tertiary/aromatic N) is 2. The van der Waals surface area contributed by atoms with Gasteiger partial charge in [0.2, 0.25) is 5.91 Å². The maximum Gasteiger partial charge on any atom is 0.406 e. The van der Waals surface area contributed by atoms with E-state index in [-0.39, 0.29) is 17.9 Å². The van der Waals surface area contributed by atoms with Crippen LogP contribution in [0, 0.1) is 5.92 Å². The van der Waals surface area contributed by atoms with Crippen molar-refractivity contribution in [3.05, 3.63) is 64.0 Å². The quantitative estimate of drug-likeness (QED) is 0.415. The first-order valence-corrected chi connectivity index (χ1v) is 13.3. The van der Waals surface area contributed by atoms with Crippen LogP contribution in [-0.2, 0) is 22.4 Å². The van der Waals surface area contributed by atoms with Gasteiger partial charge in [0.25, 0.3) is 0 Å². The number of ether oxygens (including phenoxy) is 1. The van der Waals surface area contributed by atoms with Gasteiger partial charge in [0.1, 0.15) is 5.82 Å². The number of rotatable bonds is 6. The summed E-state index contributed by atoms with van der Waals surface area (Å²) in [4.78, 5) is 34.5. The lowest BCUT2D eigenvalue weighted by Gasteiger charge is -2.25. The number of alkyl carbamates (subject to hydrolysis) is 1. The molecule has 7 nitrogen and oxygen atoms in total. The van der Waals surface area contributed by atoms with Crippen molar-refractivity contribution < 1.29 is 14.3 Å². The molecule has 188 valence electrons. The van der Waals surface area contributed by atoms with E-state index in [0.29, 0.717) is 13.0 Å². The molecule has 1 aromatic heterocycles. The molecule has 1 aliphatic heterocycles. The fraction of sp³-hybridized carbons (Fsp3) is 0.393. The highest BCUT2D eigenvalue weighted by Gasteiger charge is 2.32. The monoisotopic (exact) mass is 550 g/mol. The van der Waals surface area contributed by atoms with Crippen LogP contribution in [0.5, 0.6) is 0 Å². The molecule has 2 aliphatic rings. The summed E-state index contributed by atoms with van der Waals surface area (Å²) in [7, 11) is 1.33. The Bertz CT molecular complexity index is 1290. The number of nitrogens with one attached hydrogen (secondary N) is 2. The number of imidazole rings is 1. The minimum Gasteiger partial charge on any atom is -0.453 e. The van der Waals surface area contributed by atoms with E-state index in [9.17, 15) is 9.59 Å². The lowest BCUT2D eigenvalue weighted by atomic mass is 9.84. The van der Waals surface area contributed by atoms with Crippen molar-refractivity contribution in [2.75, 3.05) is 20.2 Å². The molecular weight excluding hydrogens is 520 g/mol. The Labute approximate surface area is 219 Å². The highest BCUT2D eigenvalue weighted by atomic mass is 79.9. The second-order valence-corrected chi connectivity index (χ2v) is 10.7. The third-order valence-corrected chi connectivity index (χ3v) is 7.72. The van der Waals surface area contributed by atoms with Crippen molar-refractivity contribution in [2.24, 2.45) is 5.92 Å². The van der Waals surface area contributed by atoms with Crippen molar-refractivity contribution in [2.45, 2.75) is 45.1 Å². The fourth-order valence-corrected chi connectivity index (χ4v) is 5.76. The average Bonchev–Trinajstić information content (AvgIpc) is 3.56. The number of H-pyrrole nitrogens is 1. The predicted molar refractivity (Wildman–Crippen MR) is 142 cm³/mol. The minimum absolute atomic E-state index is 0.0201. The largest absolute Gasteiger partial charge is 0.453 e. The number of aryl methyl sites for hydroxylation is 2. The summed E-state index contributed by atoms with van der Waals surface area (Å²) in [6, 6.07) is 13.1. The highest BCUT2D eigenvalue weighted by molar-refractivity contribution is 9.10. The Morgan fingerprint density at radius 1 is 1.19 bits per heavy atom. The number of fused-ring (bicyclic) bond motifs is 3. The molecule has 2 amide bonds. The van der Waals surface area contributed by atoms with Gasteiger partial charge in [0.15, 0.2) is 0 Å². The maximum atomic E-state index is 13.1. The van der Waals surface area contributed by atoms with Gasteiger partial charge in [-0.2, -0.15) is 0 Å². The summed E-state index contributed by atoms with van der Waals surface area (Å²) >= 11 is 3.59. The first kappa shape index (κ1) is 24.6. The van der Waals surface area contributed by atoms with Crippen LogP contribution < -0.4 is 5.32 Å². The Morgan fingerprint density at radius 3 is 2.72 bits per heavy atom. The van der Waals surface area contributed by atoms with Gasteiger partial charge in [0.05, 0.1) is 25.0 Å². The van der Waals surface area contributed by atoms with Crippen molar-refractivity contribution in [1.82, 2.24) is 20.2 Å². The Balaban J connectivity index is 1.29. The van der Waals surface area contributed by atoms with E-state index in [2.05, 4.69) is 72.3 Å². The number of likely N-dealkylation sites (tertiary alicyclic amines) is 1. The number of amides is 2. The van der Waals surface area contributed by atoms with Crippen LogP contribution in [0.2, 0.25) is 0 Å². The van der Waals surface area contributed by atoms with Gasteiger partial charge in [-0.15, -0.1) is 0 Å². The third kappa shape index (κ3) is 5.05. The number of hydrogen-bond donors (Lipinski definition) is 2. The molecule has 2 unspecified atom stereocenters. The molecule has 0 radical (unpaired) electrons. The van der Waals surface area contributed by atoms with Crippen LogP contribution in [0.25, 0.3) is 22.4 Å². The zero-order valence-electron chi connectivity index (χ0n) is 20.6. The second kappa shape index (κ2) is 10.5. The van der Waals surface area contributed by atoms with Crippen LogP contribution >= 0.6 is 15.9 Å². The summed E-state index contributed by atoms with van der Waals surface area (Å²) in [6.07, 6.45) is 5.68. The van der Waals surface area contributed by atoms with E-state index in [1.165, 1.54) is 29.4 Å². The van der Waals surface area contributed by atoms with Crippen molar-refractivity contribution in [1.29, 1.82) is 0 Å². The molecule has 36 heavy (non-hydrogen) atoms. The van der Waals surface area contributed by atoms with E-state index in [1.807, 2.05) is 18.0 Å². The van der Waals surface area contributed by atoms with Crippen LogP contribution in [-0.4, -0.2) is 47.1 Å². The molecule has 1 fully saturated rings. The number of halogens is 1. The zero-order chi connectivity index (χ0) is 25.2. The molecule has 1 aliphatic carbocycles. The van der Waals surface area contributed by atoms with E-state index >= 15 is 0 Å². The van der Waals surface area contributed by atoms with Crippen LogP contribution in [0.4, 0.5) is 4.79 Å². The van der Waals surface area contributed by atoms with Crippen LogP contribution in [0.1, 0.15) is 49.2 Å². The first-order chi connectivity index (χ1) is 17.4. The molecule has 0 bridgehead atoms. The van der Waals surface area contributed by atoms with Gasteiger partial charge in [-0.25, -0.2) is 9.78 Å².